The second-order valence-electron chi connectivity index (χ2n) is 4.80. The molecule has 3 aromatic rings. The molecule has 20 heavy (non-hydrogen) atoms. The third-order valence-electron chi connectivity index (χ3n) is 3.53. The number of aryl methyl sites for hydroxylation is 3. The van der Waals surface area contributed by atoms with Crippen LogP contribution in [-0.4, -0.2) is 19.5 Å². The number of rotatable bonds is 3. The van der Waals surface area contributed by atoms with Crippen LogP contribution >= 0.6 is 11.3 Å². The van der Waals surface area contributed by atoms with E-state index < -0.39 is 0 Å². The van der Waals surface area contributed by atoms with Gasteiger partial charge in [0, 0.05) is 23.7 Å². The maximum atomic E-state index is 12.2. The summed E-state index contributed by atoms with van der Waals surface area (Å²) in [5.41, 5.74) is 0.979. The number of hydrogen-bond acceptors (Lipinski definition) is 4. The van der Waals surface area contributed by atoms with Crippen molar-refractivity contribution >= 4 is 21.6 Å². The number of aromatic nitrogens is 4. The first-order valence-corrected chi connectivity index (χ1v) is 7.40. The summed E-state index contributed by atoms with van der Waals surface area (Å²) in [5.74, 6) is 1.67. The SMILES string of the molecule is CCc1nccn1Cc1nc2sc(C)c(C)c2c(=O)[nH]1. The van der Waals surface area contributed by atoms with Gasteiger partial charge in [-0.05, 0) is 19.4 Å². The minimum atomic E-state index is -0.0509. The summed E-state index contributed by atoms with van der Waals surface area (Å²) in [4.78, 5) is 25.9. The number of nitrogens with one attached hydrogen (secondary N) is 1. The van der Waals surface area contributed by atoms with Gasteiger partial charge in [-0.3, -0.25) is 4.79 Å². The molecule has 0 aliphatic rings. The average molecular weight is 288 g/mol. The van der Waals surface area contributed by atoms with Crippen molar-refractivity contribution in [3.63, 3.8) is 0 Å². The Kier molecular flexibility index (Phi) is 3.17. The van der Waals surface area contributed by atoms with Crippen LogP contribution in [0.4, 0.5) is 0 Å². The Morgan fingerprint density at radius 3 is 2.95 bits per heavy atom. The summed E-state index contributed by atoms with van der Waals surface area (Å²) in [7, 11) is 0. The van der Waals surface area contributed by atoms with Crippen LogP contribution in [0.15, 0.2) is 17.2 Å². The van der Waals surface area contributed by atoms with E-state index in [2.05, 4.69) is 21.9 Å². The first-order valence-electron chi connectivity index (χ1n) is 6.59. The predicted octanol–water partition coefficient (Wildman–Crippen LogP) is 2.41. The maximum Gasteiger partial charge on any atom is 0.259 e. The molecule has 0 saturated carbocycles. The van der Waals surface area contributed by atoms with E-state index in [4.69, 9.17) is 0 Å². The van der Waals surface area contributed by atoms with E-state index in [9.17, 15) is 4.79 Å². The second kappa shape index (κ2) is 4.86. The normalized spacial score (nSPS) is 11.3. The summed E-state index contributed by atoms with van der Waals surface area (Å²) in [5, 5.41) is 0.720. The quantitative estimate of drug-likeness (QED) is 0.805. The summed E-state index contributed by atoms with van der Waals surface area (Å²) < 4.78 is 2.01. The van der Waals surface area contributed by atoms with Crippen LogP contribution in [0, 0.1) is 13.8 Å². The topological polar surface area (TPSA) is 63.6 Å². The molecule has 0 unspecified atom stereocenters. The third kappa shape index (κ3) is 2.06. The molecule has 104 valence electrons. The molecule has 3 heterocycles. The van der Waals surface area contributed by atoms with Crippen LogP contribution in [-0.2, 0) is 13.0 Å². The van der Waals surface area contributed by atoms with Crippen LogP contribution in [0.3, 0.4) is 0 Å². The molecule has 0 radical (unpaired) electrons. The van der Waals surface area contributed by atoms with E-state index >= 15 is 0 Å². The van der Waals surface area contributed by atoms with E-state index in [0.29, 0.717) is 12.4 Å². The Morgan fingerprint density at radius 2 is 2.20 bits per heavy atom. The van der Waals surface area contributed by atoms with Gasteiger partial charge >= 0.3 is 0 Å². The number of hydrogen-bond donors (Lipinski definition) is 1. The Balaban J connectivity index is 2.07. The molecule has 0 aliphatic carbocycles. The molecular formula is C14H16N4OS. The number of nitrogens with zero attached hydrogens (tertiary/aromatic N) is 3. The van der Waals surface area contributed by atoms with Gasteiger partial charge in [-0.1, -0.05) is 6.92 Å². The van der Waals surface area contributed by atoms with Crippen molar-refractivity contribution in [2.24, 2.45) is 0 Å². The number of imidazole rings is 1. The molecule has 0 atom stereocenters. The van der Waals surface area contributed by atoms with Crippen molar-refractivity contribution in [2.75, 3.05) is 0 Å². The Hall–Kier alpha value is -1.95. The fraction of sp³-hybridized carbons (Fsp3) is 0.357. The summed E-state index contributed by atoms with van der Waals surface area (Å²) in [6.45, 7) is 6.59. The Morgan fingerprint density at radius 1 is 1.40 bits per heavy atom. The van der Waals surface area contributed by atoms with Crippen LogP contribution in [0.1, 0.15) is 29.0 Å². The number of thiophene rings is 1. The molecule has 6 heteroatoms. The molecule has 1 N–H and O–H groups in total. The lowest BCUT2D eigenvalue weighted by Gasteiger charge is -2.05. The fourth-order valence-electron chi connectivity index (χ4n) is 2.33. The first-order chi connectivity index (χ1) is 9.60. The monoisotopic (exact) mass is 288 g/mol. The van der Waals surface area contributed by atoms with Gasteiger partial charge in [-0.2, -0.15) is 0 Å². The molecule has 0 bridgehead atoms. The molecule has 3 rings (SSSR count). The van der Waals surface area contributed by atoms with Crippen LogP contribution < -0.4 is 5.56 Å². The summed E-state index contributed by atoms with van der Waals surface area (Å²) >= 11 is 1.57. The van der Waals surface area contributed by atoms with Gasteiger partial charge in [0.1, 0.15) is 16.5 Å². The zero-order chi connectivity index (χ0) is 14.3. The predicted molar refractivity (Wildman–Crippen MR) is 80.4 cm³/mol. The number of aromatic amines is 1. The highest BCUT2D eigenvalue weighted by molar-refractivity contribution is 7.18. The molecule has 0 fully saturated rings. The fourth-order valence-corrected chi connectivity index (χ4v) is 3.38. The highest BCUT2D eigenvalue weighted by atomic mass is 32.1. The van der Waals surface area contributed by atoms with Gasteiger partial charge in [0.05, 0.1) is 11.9 Å². The molecule has 5 nitrogen and oxygen atoms in total. The molecule has 3 aromatic heterocycles. The van der Waals surface area contributed by atoms with Gasteiger partial charge in [0.15, 0.2) is 0 Å². The third-order valence-corrected chi connectivity index (χ3v) is 4.63. The lowest BCUT2D eigenvalue weighted by molar-refractivity contribution is 0.698. The van der Waals surface area contributed by atoms with Gasteiger partial charge in [-0.15, -0.1) is 11.3 Å². The first kappa shape index (κ1) is 13.1. The van der Waals surface area contributed by atoms with E-state index in [1.54, 1.807) is 17.5 Å². The Labute approximate surface area is 120 Å². The van der Waals surface area contributed by atoms with E-state index in [1.807, 2.05) is 24.6 Å². The van der Waals surface area contributed by atoms with Crippen molar-refractivity contribution in [3.8, 4) is 0 Å². The van der Waals surface area contributed by atoms with Gasteiger partial charge in [0.2, 0.25) is 0 Å². The molecule has 0 spiro atoms. The van der Waals surface area contributed by atoms with Gasteiger partial charge in [-0.25, -0.2) is 9.97 Å². The van der Waals surface area contributed by atoms with Crippen molar-refractivity contribution < 1.29 is 0 Å². The standard InChI is InChI=1S/C14H16N4OS/c1-4-11-15-5-6-18(11)7-10-16-13(19)12-8(2)9(3)20-14(12)17-10/h5-6H,4,7H2,1-3H3,(H,16,17,19). The van der Waals surface area contributed by atoms with Crippen molar-refractivity contribution in [1.82, 2.24) is 19.5 Å². The zero-order valence-corrected chi connectivity index (χ0v) is 12.5. The van der Waals surface area contributed by atoms with Crippen molar-refractivity contribution in [1.29, 1.82) is 0 Å². The largest absolute Gasteiger partial charge is 0.327 e. The lowest BCUT2D eigenvalue weighted by atomic mass is 10.2. The highest BCUT2D eigenvalue weighted by Crippen LogP contribution is 2.25. The number of fused-ring (bicyclic) bond motifs is 1. The molecule has 0 aromatic carbocycles. The molecule has 0 aliphatic heterocycles. The van der Waals surface area contributed by atoms with Crippen LogP contribution in [0.2, 0.25) is 0 Å². The zero-order valence-electron chi connectivity index (χ0n) is 11.7. The minimum absolute atomic E-state index is 0.0509. The smallest absolute Gasteiger partial charge is 0.259 e. The minimum Gasteiger partial charge on any atom is -0.327 e. The second-order valence-corrected chi connectivity index (χ2v) is 6.00. The van der Waals surface area contributed by atoms with Gasteiger partial charge in [0.25, 0.3) is 5.56 Å². The Bertz CT molecular complexity index is 827. The van der Waals surface area contributed by atoms with Crippen LogP contribution in [0.5, 0.6) is 0 Å². The molecule has 0 saturated heterocycles. The lowest BCUT2D eigenvalue weighted by Crippen LogP contribution is -2.14. The van der Waals surface area contributed by atoms with Crippen LogP contribution in [0.25, 0.3) is 10.2 Å². The van der Waals surface area contributed by atoms with Crippen molar-refractivity contribution in [3.05, 3.63) is 44.8 Å². The maximum absolute atomic E-state index is 12.2. The average Bonchev–Trinajstić information content (AvgIpc) is 2.95. The van der Waals surface area contributed by atoms with E-state index in [1.165, 1.54) is 0 Å². The van der Waals surface area contributed by atoms with Crippen molar-refractivity contribution in [2.45, 2.75) is 33.7 Å². The van der Waals surface area contributed by atoms with Gasteiger partial charge < -0.3 is 9.55 Å². The molecular weight excluding hydrogens is 272 g/mol. The van der Waals surface area contributed by atoms with E-state index in [-0.39, 0.29) is 5.56 Å². The van der Waals surface area contributed by atoms with E-state index in [0.717, 1.165) is 32.9 Å². The summed E-state index contributed by atoms with van der Waals surface area (Å²) in [6, 6.07) is 0. The highest BCUT2D eigenvalue weighted by Gasteiger charge is 2.12. The summed E-state index contributed by atoms with van der Waals surface area (Å²) in [6.07, 6.45) is 4.54. The molecule has 0 amide bonds. The number of H-pyrrole nitrogens is 1.